The molecule has 1 unspecified atom stereocenters. The highest BCUT2D eigenvalue weighted by Crippen LogP contribution is 2.26. The average Bonchev–Trinajstić information content (AvgIpc) is 3.01. The van der Waals surface area contributed by atoms with Crippen molar-refractivity contribution in [3.05, 3.63) is 62.0 Å². The van der Waals surface area contributed by atoms with Gasteiger partial charge in [-0.15, -0.1) is 11.3 Å². The molecular weight excluding hydrogens is 382 g/mol. The molecule has 0 aliphatic heterocycles. The van der Waals surface area contributed by atoms with Crippen LogP contribution >= 0.6 is 11.3 Å². The second-order valence-corrected chi connectivity index (χ2v) is 9.18. The van der Waals surface area contributed by atoms with Gasteiger partial charge in [-0.2, -0.15) is 0 Å². The summed E-state index contributed by atoms with van der Waals surface area (Å²) in [5.41, 5.74) is 4.93. The number of benzene rings is 1. The first-order valence-electron chi connectivity index (χ1n) is 10.3. The Kier molecular flexibility index (Phi) is 5.54. The summed E-state index contributed by atoms with van der Waals surface area (Å²) >= 11 is 1.54. The van der Waals surface area contributed by atoms with E-state index < -0.39 is 0 Å². The summed E-state index contributed by atoms with van der Waals surface area (Å²) < 4.78 is 1.55. The highest BCUT2D eigenvalue weighted by molar-refractivity contribution is 7.18. The SMILES string of the molecule is Cc1sc2ncn(CCC(=O)NC(C)c3ccc4c(c3)CCCC4)c(=O)c2c1C. The number of thiophene rings is 1. The van der Waals surface area contributed by atoms with Crippen molar-refractivity contribution in [1.82, 2.24) is 14.9 Å². The maximum Gasteiger partial charge on any atom is 0.262 e. The largest absolute Gasteiger partial charge is 0.350 e. The number of nitrogens with one attached hydrogen (secondary N) is 1. The highest BCUT2D eigenvalue weighted by Gasteiger charge is 2.15. The van der Waals surface area contributed by atoms with E-state index in [0.717, 1.165) is 33.7 Å². The van der Waals surface area contributed by atoms with E-state index in [1.807, 2.05) is 20.8 Å². The predicted molar refractivity (Wildman–Crippen MR) is 118 cm³/mol. The maximum absolute atomic E-state index is 12.8. The second kappa shape index (κ2) is 8.11. The van der Waals surface area contributed by atoms with Crippen molar-refractivity contribution in [1.29, 1.82) is 0 Å². The van der Waals surface area contributed by atoms with Gasteiger partial charge in [-0.3, -0.25) is 14.2 Å². The molecule has 0 bridgehead atoms. The number of carbonyl (C=O) groups excluding carboxylic acids is 1. The molecule has 0 saturated heterocycles. The molecule has 1 amide bonds. The van der Waals surface area contributed by atoms with Crippen LogP contribution in [-0.4, -0.2) is 15.5 Å². The first-order chi connectivity index (χ1) is 13.9. The lowest BCUT2D eigenvalue weighted by Crippen LogP contribution is -2.29. The molecule has 1 atom stereocenters. The first-order valence-corrected chi connectivity index (χ1v) is 11.1. The fourth-order valence-corrected chi connectivity index (χ4v) is 5.06. The Morgan fingerprint density at radius 3 is 2.79 bits per heavy atom. The third-order valence-corrected chi connectivity index (χ3v) is 7.10. The van der Waals surface area contributed by atoms with Gasteiger partial charge in [0.15, 0.2) is 0 Å². The Labute approximate surface area is 174 Å². The minimum Gasteiger partial charge on any atom is -0.350 e. The van der Waals surface area contributed by atoms with Crippen LogP contribution in [0.2, 0.25) is 0 Å². The summed E-state index contributed by atoms with van der Waals surface area (Å²) in [5.74, 6) is -0.0551. The Bertz CT molecular complexity index is 1130. The van der Waals surface area contributed by atoms with Crippen LogP contribution in [0.4, 0.5) is 0 Å². The van der Waals surface area contributed by atoms with Gasteiger partial charge in [-0.1, -0.05) is 18.2 Å². The van der Waals surface area contributed by atoms with Crippen LogP contribution in [-0.2, 0) is 24.2 Å². The van der Waals surface area contributed by atoms with Crippen molar-refractivity contribution in [2.75, 3.05) is 0 Å². The van der Waals surface area contributed by atoms with Gasteiger partial charge in [0.05, 0.1) is 17.8 Å². The Morgan fingerprint density at radius 2 is 2.00 bits per heavy atom. The summed E-state index contributed by atoms with van der Waals surface area (Å²) in [6.45, 7) is 6.30. The number of hydrogen-bond donors (Lipinski definition) is 1. The molecule has 1 N–H and O–H groups in total. The van der Waals surface area contributed by atoms with Crippen LogP contribution in [0.15, 0.2) is 29.3 Å². The van der Waals surface area contributed by atoms with E-state index in [-0.39, 0.29) is 23.9 Å². The van der Waals surface area contributed by atoms with Crippen LogP contribution in [0.25, 0.3) is 10.2 Å². The lowest BCUT2D eigenvalue weighted by Gasteiger charge is -2.20. The molecule has 3 aromatic rings. The first kappa shape index (κ1) is 19.8. The minimum absolute atomic E-state index is 0.0474. The number of amides is 1. The zero-order chi connectivity index (χ0) is 20.5. The molecule has 1 aliphatic carbocycles. The van der Waals surface area contributed by atoms with Crippen LogP contribution < -0.4 is 10.9 Å². The summed E-state index contributed by atoms with van der Waals surface area (Å²) in [7, 11) is 0. The monoisotopic (exact) mass is 409 g/mol. The van der Waals surface area contributed by atoms with Crippen LogP contribution in [0.1, 0.15) is 59.4 Å². The lowest BCUT2D eigenvalue weighted by molar-refractivity contribution is -0.121. The van der Waals surface area contributed by atoms with E-state index in [9.17, 15) is 9.59 Å². The Morgan fingerprint density at radius 1 is 1.24 bits per heavy atom. The lowest BCUT2D eigenvalue weighted by atomic mass is 9.89. The maximum atomic E-state index is 12.8. The molecule has 1 aromatic carbocycles. The number of aryl methyl sites for hydroxylation is 5. The van der Waals surface area contributed by atoms with E-state index in [0.29, 0.717) is 11.9 Å². The summed E-state index contributed by atoms with van der Waals surface area (Å²) in [6.07, 6.45) is 6.61. The molecule has 0 spiro atoms. The van der Waals surface area contributed by atoms with Gasteiger partial charge in [0.25, 0.3) is 5.56 Å². The van der Waals surface area contributed by atoms with Crippen molar-refractivity contribution >= 4 is 27.5 Å². The standard InChI is InChI=1S/C23H27N3O2S/c1-14-16(3)29-22-21(14)23(28)26(13-24-22)11-10-20(27)25-15(2)18-9-8-17-6-4-5-7-19(17)12-18/h8-9,12-13,15H,4-7,10-11H2,1-3H3,(H,25,27). The smallest absolute Gasteiger partial charge is 0.262 e. The van der Waals surface area contributed by atoms with Crippen LogP contribution in [0, 0.1) is 13.8 Å². The molecule has 1 aliphatic rings. The quantitative estimate of drug-likeness (QED) is 0.686. The van der Waals surface area contributed by atoms with Crippen molar-refractivity contribution < 1.29 is 4.79 Å². The Balaban J connectivity index is 1.41. The number of fused-ring (bicyclic) bond motifs is 2. The van der Waals surface area contributed by atoms with Gasteiger partial charge in [0.2, 0.25) is 5.91 Å². The van der Waals surface area contributed by atoms with Crippen molar-refractivity contribution in [3.63, 3.8) is 0 Å². The summed E-state index contributed by atoms with van der Waals surface area (Å²) in [5, 5.41) is 3.75. The van der Waals surface area contributed by atoms with E-state index in [1.165, 1.54) is 35.3 Å². The van der Waals surface area contributed by atoms with E-state index >= 15 is 0 Å². The van der Waals surface area contributed by atoms with E-state index in [4.69, 9.17) is 0 Å². The number of hydrogen-bond acceptors (Lipinski definition) is 4. The normalized spacial score (nSPS) is 14.6. The third-order valence-electron chi connectivity index (χ3n) is 5.99. The van der Waals surface area contributed by atoms with Crippen molar-refractivity contribution in [2.45, 2.75) is 65.5 Å². The average molecular weight is 410 g/mol. The topological polar surface area (TPSA) is 64.0 Å². The van der Waals surface area contributed by atoms with Gasteiger partial charge in [0, 0.05) is 17.8 Å². The molecule has 0 radical (unpaired) electrons. The molecule has 0 saturated carbocycles. The van der Waals surface area contributed by atoms with Gasteiger partial charge < -0.3 is 5.32 Å². The summed E-state index contributed by atoms with van der Waals surface area (Å²) in [4.78, 5) is 31.5. The van der Waals surface area contributed by atoms with Crippen molar-refractivity contribution in [3.8, 4) is 0 Å². The van der Waals surface area contributed by atoms with Gasteiger partial charge >= 0.3 is 0 Å². The van der Waals surface area contributed by atoms with Crippen LogP contribution in [0.3, 0.4) is 0 Å². The van der Waals surface area contributed by atoms with Gasteiger partial charge in [0.1, 0.15) is 4.83 Å². The zero-order valence-electron chi connectivity index (χ0n) is 17.2. The van der Waals surface area contributed by atoms with E-state index in [2.05, 4.69) is 28.5 Å². The second-order valence-electron chi connectivity index (χ2n) is 7.98. The van der Waals surface area contributed by atoms with Crippen molar-refractivity contribution in [2.24, 2.45) is 0 Å². The molecule has 2 aromatic heterocycles. The molecule has 6 heteroatoms. The van der Waals surface area contributed by atoms with Crippen LogP contribution in [0.5, 0.6) is 0 Å². The number of nitrogens with zero attached hydrogens (tertiary/aromatic N) is 2. The predicted octanol–water partition coefficient (Wildman–Crippen LogP) is 4.22. The zero-order valence-corrected chi connectivity index (χ0v) is 18.1. The van der Waals surface area contributed by atoms with E-state index in [1.54, 1.807) is 10.9 Å². The third kappa shape index (κ3) is 3.99. The number of aromatic nitrogens is 2. The van der Waals surface area contributed by atoms with Gasteiger partial charge in [-0.05, 0) is 68.7 Å². The highest BCUT2D eigenvalue weighted by atomic mass is 32.1. The number of carbonyl (C=O) groups is 1. The molecule has 152 valence electrons. The minimum atomic E-state index is -0.0626. The molecule has 0 fully saturated rings. The molecule has 4 rings (SSSR count). The molecule has 2 heterocycles. The number of rotatable bonds is 5. The molecule has 5 nitrogen and oxygen atoms in total. The molecule has 29 heavy (non-hydrogen) atoms. The fourth-order valence-electron chi connectivity index (χ4n) is 4.07. The summed E-state index contributed by atoms with van der Waals surface area (Å²) in [6, 6.07) is 6.52. The molecular formula is C23H27N3O2S. The Hall–Kier alpha value is -2.47. The van der Waals surface area contributed by atoms with Gasteiger partial charge in [-0.25, -0.2) is 4.98 Å². The fraction of sp³-hybridized carbons (Fsp3) is 0.435.